The van der Waals surface area contributed by atoms with Gasteiger partial charge in [-0.1, -0.05) is 41.0 Å². The SMILES string of the molecule is CCCCN([PH3+])C(C(CC)N(C)CC)(N(C)CC)N(C)CC.F[P-](F)(F)(F)(F)F. The Hall–Kier alpha value is 0.280. The molecule has 0 saturated carbocycles. The molecule has 4 nitrogen and oxygen atoms in total. The Labute approximate surface area is 175 Å². The molecule has 0 spiro atoms. The molecule has 0 saturated heterocycles. The summed E-state index contributed by atoms with van der Waals surface area (Å²) >= 11 is 0. The van der Waals surface area contributed by atoms with Crippen molar-refractivity contribution in [1.82, 2.24) is 19.4 Å². The third-order valence-electron chi connectivity index (χ3n) is 5.18. The van der Waals surface area contributed by atoms with Crippen molar-refractivity contribution in [2.24, 2.45) is 0 Å². The van der Waals surface area contributed by atoms with Crippen LogP contribution < -0.4 is 0 Å². The number of likely N-dealkylation sites (N-methyl/N-ethyl adjacent to an activating group) is 3. The van der Waals surface area contributed by atoms with Crippen LogP contribution in [0, 0.1) is 0 Å². The molecular formula is C17H42F6N4P2. The van der Waals surface area contributed by atoms with E-state index in [0.717, 1.165) is 32.6 Å². The summed E-state index contributed by atoms with van der Waals surface area (Å²) in [4.78, 5) is 7.60. The predicted octanol–water partition coefficient (Wildman–Crippen LogP) is 6.28. The van der Waals surface area contributed by atoms with Crippen LogP contribution in [0.5, 0.6) is 0 Å². The van der Waals surface area contributed by atoms with E-state index in [1.807, 2.05) is 0 Å². The Morgan fingerprint density at radius 2 is 1.17 bits per heavy atom. The van der Waals surface area contributed by atoms with Crippen LogP contribution in [0.4, 0.5) is 25.2 Å². The van der Waals surface area contributed by atoms with Gasteiger partial charge < -0.3 is 0 Å². The van der Waals surface area contributed by atoms with Crippen LogP contribution >= 0.6 is 17.2 Å². The van der Waals surface area contributed by atoms with Gasteiger partial charge in [-0.15, -0.1) is 0 Å². The van der Waals surface area contributed by atoms with Crippen LogP contribution in [0.2, 0.25) is 0 Å². The zero-order valence-electron chi connectivity index (χ0n) is 19.2. The third-order valence-corrected chi connectivity index (χ3v) is 5.97. The van der Waals surface area contributed by atoms with Crippen LogP contribution in [-0.4, -0.2) is 78.5 Å². The average molecular weight is 478 g/mol. The van der Waals surface area contributed by atoms with Crippen molar-refractivity contribution >= 4 is 17.2 Å². The Morgan fingerprint density at radius 1 is 0.793 bits per heavy atom. The molecule has 0 rings (SSSR count). The number of hydrogen-bond acceptors (Lipinski definition) is 4. The summed E-state index contributed by atoms with van der Waals surface area (Å²) in [6.07, 6.45) is 3.66. The Kier molecular flexibility index (Phi) is 12.2. The Balaban J connectivity index is 0. The summed E-state index contributed by atoms with van der Waals surface area (Å²) in [7, 11) is -1.76. The Morgan fingerprint density at radius 3 is 1.41 bits per heavy atom. The molecule has 182 valence electrons. The van der Waals surface area contributed by atoms with E-state index in [4.69, 9.17) is 0 Å². The number of unbranched alkanes of at least 4 members (excludes halogenated alkanes) is 1. The van der Waals surface area contributed by atoms with Gasteiger partial charge in [0, 0.05) is 15.9 Å². The van der Waals surface area contributed by atoms with Gasteiger partial charge in [0.1, 0.15) is 0 Å². The minimum absolute atomic E-state index is 0.0450. The maximum absolute atomic E-state index is 10.7. The molecular weight excluding hydrogens is 436 g/mol. The summed E-state index contributed by atoms with van der Waals surface area (Å²) in [5, 5.41) is 0. The molecule has 12 heteroatoms. The van der Waals surface area contributed by atoms with Crippen molar-refractivity contribution in [1.29, 1.82) is 0 Å². The maximum atomic E-state index is 9.87. The fourth-order valence-corrected chi connectivity index (χ4v) is 4.49. The molecule has 0 aliphatic carbocycles. The molecule has 0 amide bonds. The first kappa shape index (κ1) is 31.5. The molecule has 0 aliphatic rings. The van der Waals surface area contributed by atoms with E-state index in [9.17, 15) is 25.2 Å². The van der Waals surface area contributed by atoms with Crippen LogP contribution in [-0.2, 0) is 0 Å². The van der Waals surface area contributed by atoms with Crippen molar-refractivity contribution in [3.05, 3.63) is 0 Å². The van der Waals surface area contributed by atoms with Gasteiger partial charge in [0.05, 0.1) is 6.04 Å². The molecule has 0 aromatic rings. The van der Waals surface area contributed by atoms with E-state index >= 15 is 0 Å². The zero-order chi connectivity index (χ0) is 23.7. The first-order valence-corrected chi connectivity index (χ1v) is 12.8. The van der Waals surface area contributed by atoms with E-state index in [1.165, 1.54) is 12.8 Å². The molecule has 0 bridgehead atoms. The first-order chi connectivity index (χ1) is 12.8. The van der Waals surface area contributed by atoms with Gasteiger partial charge in [0.25, 0.3) is 0 Å². The summed E-state index contributed by atoms with van der Waals surface area (Å²) in [5.74, 6) is -0.0450. The summed E-state index contributed by atoms with van der Waals surface area (Å²) in [5.41, 5.74) is 0. The van der Waals surface area contributed by atoms with Crippen molar-refractivity contribution in [3.8, 4) is 0 Å². The molecule has 0 N–H and O–H groups in total. The van der Waals surface area contributed by atoms with Crippen molar-refractivity contribution < 1.29 is 25.2 Å². The van der Waals surface area contributed by atoms with Crippen LogP contribution in [0.1, 0.15) is 53.9 Å². The number of hydrogen-bond donors (Lipinski definition) is 0. The van der Waals surface area contributed by atoms with Crippen molar-refractivity contribution in [3.63, 3.8) is 0 Å². The molecule has 2 atom stereocenters. The standard InChI is InChI=1S/C17H41N4P.F6P/c1-9-14-15-21(22)17(19(7)12-4,20(8)13-5)16(10-2)18(6)11-3;1-7(2,3,4,5)6/h16H,9-15,22H2,1-8H3;/q;-1/p+1. The number of halogens is 6. The fraction of sp³-hybridized carbons (Fsp3) is 1.00. The second-order valence-electron chi connectivity index (χ2n) is 7.29. The summed E-state index contributed by atoms with van der Waals surface area (Å²) in [6, 6.07) is 0.488. The van der Waals surface area contributed by atoms with E-state index in [0.29, 0.717) is 6.04 Å². The predicted molar refractivity (Wildman–Crippen MR) is 118 cm³/mol. The van der Waals surface area contributed by atoms with E-state index in [2.05, 4.69) is 84.5 Å². The second kappa shape index (κ2) is 11.2. The van der Waals surface area contributed by atoms with Crippen molar-refractivity contribution in [2.45, 2.75) is 65.7 Å². The van der Waals surface area contributed by atoms with Gasteiger partial charge in [-0.05, 0) is 53.6 Å². The van der Waals surface area contributed by atoms with E-state index < -0.39 is 7.81 Å². The fourth-order valence-electron chi connectivity index (χ4n) is 3.57. The molecule has 0 aromatic carbocycles. The normalized spacial score (nSPS) is 16.8. The second-order valence-corrected chi connectivity index (χ2v) is 9.97. The third kappa shape index (κ3) is 12.0. The van der Waals surface area contributed by atoms with Crippen LogP contribution in [0.3, 0.4) is 0 Å². The average Bonchev–Trinajstić information content (AvgIpc) is 2.59. The molecule has 0 aliphatic heterocycles. The zero-order valence-corrected chi connectivity index (χ0v) is 21.5. The van der Waals surface area contributed by atoms with Gasteiger partial charge in [0.15, 0.2) is 5.79 Å². The summed E-state index contributed by atoms with van der Waals surface area (Å²) in [6.45, 7) is 15.8. The van der Waals surface area contributed by atoms with Gasteiger partial charge in [-0.25, -0.2) is 0 Å². The van der Waals surface area contributed by atoms with Crippen LogP contribution in [0.25, 0.3) is 0 Å². The van der Waals surface area contributed by atoms with E-state index in [1.54, 1.807) is 0 Å². The monoisotopic (exact) mass is 478 g/mol. The molecule has 0 aromatic heterocycles. The molecule has 0 radical (unpaired) electrons. The van der Waals surface area contributed by atoms with E-state index in [-0.39, 0.29) is 5.79 Å². The first-order valence-electron chi connectivity index (χ1n) is 10.1. The van der Waals surface area contributed by atoms with Crippen molar-refractivity contribution in [2.75, 3.05) is 47.3 Å². The molecule has 0 fully saturated rings. The number of nitrogens with zero attached hydrogens (tertiary/aromatic N) is 4. The molecule has 0 heterocycles. The Bertz CT molecular complexity index is 442. The van der Waals surface area contributed by atoms with Gasteiger partial charge >= 0.3 is 33.0 Å². The van der Waals surface area contributed by atoms with Crippen LogP contribution in [0.15, 0.2) is 0 Å². The summed E-state index contributed by atoms with van der Waals surface area (Å²) < 4.78 is 61.8. The van der Waals surface area contributed by atoms with Gasteiger partial charge in [0.2, 0.25) is 0 Å². The van der Waals surface area contributed by atoms with Gasteiger partial charge in [-0.3, -0.25) is 14.7 Å². The molecule has 29 heavy (non-hydrogen) atoms. The van der Waals surface area contributed by atoms with Gasteiger partial charge in [-0.2, -0.15) is 4.67 Å². The quantitative estimate of drug-likeness (QED) is 0.186. The topological polar surface area (TPSA) is 13.0 Å². The molecule has 2 unspecified atom stereocenters. The number of rotatable bonds is 12. The minimum atomic E-state index is -10.7.